The molecule has 4 rings (SSSR count). The summed E-state index contributed by atoms with van der Waals surface area (Å²) in [4.78, 5) is 0. The number of phenols is 2. The predicted molar refractivity (Wildman–Crippen MR) is 81.7 cm³/mol. The molecule has 0 amide bonds. The van der Waals surface area contributed by atoms with E-state index in [1.54, 1.807) is 18.2 Å². The number of aryl methyl sites for hydroxylation is 2. The summed E-state index contributed by atoms with van der Waals surface area (Å²) in [7, 11) is 0. The van der Waals surface area contributed by atoms with Crippen molar-refractivity contribution in [2.45, 2.75) is 19.3 Å². The zero-order valence-electron chi connectivity index (χ0n) is 11.8. The van der Waals surface area contributed by atoms with Crippen LogP contribution in [0.15, 0.2) is 34.7 Å². The topological polar surface area (TPSA) is 77.4 Å². The highest BCUT2D eigenvalue weighted by Gasteiger charge is 2.23. The molecule has 0 saturated heterocycles. The summed E-state index contributed by atoms with van der Waals surface area (Å²) in [5.41, 5.74) is 3.87. The van der Waals surface area contributed by atoms with Crippen molar-refractivity contribution < 1.29 is 14.6 Å². The van der Waals surface area contributed by atoms with Gasteiger partial charge in [-0.25, -0.2) is 0 Å². The highest BCUT2D eigenvalue weighted by atomic mass is 16.3. The summed E-state index contributed by atoms with van der Waals surface area (Å²) in [6.07, 6.45) is 2.60. The van der Waals surface area contributed by atoms with Crippen molar-refractivity contribution in [1.29, 1.82) is 5.26 Å². The van der Waals surface area contributed by atoms with Crippen molar-refractivity contribution in [1.82, 2.24) is 0 Å². The highest BCUT2D eigenvalue weighted by molar-refractivity contribution is 5.93. The number of furan rings is 1. The number of nitrogens with zero attached hydrogens (tertiary/aromatic N) is 1. The molecular weight excluding hydrogens is 278 g/mol. The largest absolute Gasteiger partial charge is 0.508 e. The molecule has 0 fully saturated rings. The molecule has 2 N–H and O–H groups in total. The van der Waals surface area contributed by atoms with E-state index >= 15 is 0 Å². The monoisotopic (exact) mass is 291 g/mol. The standard InChI is InChI=1S/C18H13NO3/c19-9-11-7-13(21)8-16-15-3-1-2-10-6-12(20)4-5-14(10)18(15)22-17(11)16/h4-8,20-21H,1-3H2. The van der Waals surface area contributed by atoms with Gasteiger partial charge in [0.25, 0.3) is 0 Å². The van der Waals surface area contributed by atoms with Crippen molar-refractivity contribution in [3.05, 3.63) is 47.0 Å². The van der Waals surface area contributed by atoms with Gasteiger partial charge in [0.15, 0.2) is 5.58 Å². The molecule has 2 aromatic carbocycles. The molecule has 4 nitrogen and oxygen atoms in total. The molecule has 22 heavy (non-hydrogen) atoms. The van der Waals surface area contributed by atoms with Crippen LogP contribution in [0.3, 0.4) is 0 Å². The molecule has 0 unspecified atom stereocenters. The molecule has 0 radical (unpaired) electrons. The van der Waals surface area contributed by atoms with Gasteiger partial charge in [0.2, 0.25) is 0 Å². The lowest BCUT2D eigenvalue weighted by Crippen LogP contribution is -1.87. The normalized spacial score (nSPS) is 13.2. The number of hydrogen-bond donors (Lipinski definition) is 2. The van der Waals surface area contributed by atoms with Gasteiger partial charge in [0.1, 0.15) is 23.3 Å². The third kappa shape index (κ3) is 1.76. The van der Waals surface area contributed by atoms with E-state index in [1.807, 2.05) is 6.07 Å². The van der Waals surface area contributed by atoms with Crippen LogP contribution in [0.5, 0.6) is 11.5 Å². The Balaban J connectivity index is 2.09. The van der Waals surface area contributed by atoms with Gasteiger partial charge in [-0.3, -0.25) is 0 Å². The Morgan fingerprint density at radius 1 is 1.05 bits per heavy atom. The van der Waals surface area contributed by atoms with E-state index in [2.05, 4.69) is 6.07 Å². The summed E-state index contributed by atoms with van der Waals surface area (Å²) in [6, 6.07) is 10.4. The fraction of sp³-hybridized carbons (Fsp3) is 0.167. The van der Waals surface area contributed by atoms with Crippen molar-refractivity contribution in [2.75, 3.05) is 0 Å². The second-order valence-corrected chi connectivity index (χ2v) is 5.59. The van der Waals surface area contributed by atoms with Gasteiger partial charge in [0, 0.05) is 22.6 Å². The van der Waals surface area contributed by atoms with E-state index in [-0.39, 0.29) is 11.5 Å². The lowest BCUT2D eigenvalue weighted by Gasteiger charge is -2.05. The minimum absolute atomic E-state index is 0.0721. The van der Waals surface area contributed by atoms with Crippen molar-refractivity contribution in [3.8, 4) is 28.9 Å². The first-order valence-corrected chi connectivity index (χ1v) is 7.18. The lowest BCUT2D eigenvalue weighted by molar-refractivity contribution is 0.474. The van der Waals surface area contributed by atoms with Gasteiger partial charge in [-0.2, -0.15) is 5.26 Å². The van der Waals surface area contributed by atoms with Crippen LogP contribution < -0.4 is 0 Å². The van der Waals surface area contributed by atoms with Crippen LogP contribution in [0, 0.1) is 11.3 Å². The fourth-order valence-electron chi connectivity index (χ4n) is 3.25. The first-order chi connectivity index (χ1) is 10.7. The molecule has 4 heteroatoms. The molecule has 0 aliphatic heterocycles. The number of rotatable bonds is 0. The van der Waals surface area contributed by atoms with Crippen molar-refractivity contribution in [2.24, 2.45) is 0 Å². The van der Waals surface area contributed by atoms with Crippen LogP contribution in [0.1, 0.15) is 23.1 Å². The van der Waals surface area contributed by atoms with E-state index < -0.39 is 0 Å². The summed E-state index contributed by atoms with van der Waals surface area (Å²) in [5.74, 6) is 1.06. The van der Waals surface area contributed by atoms with Gasteiger partial charge >= 0.3 is 0 Å². The molecule has 0 atom stereocenters. The highest BCUT2D eigenvalue weighted by Crippen LogP contribution is 2.41. The first kappa shape index (κ1) is 12.8. The molecular formula is C18H13NO3. The average molecular weight is 291 g/mol. The maximum absolute atomic E-state index is 9.84. The summed E-state index contributed by atoms with van der Waals surface area (Å²) in [6.45, 7) is 0. The Morgan fingerprint density at radius 3 is 2.73 bits per heavy atom. The SMILES string of the molecule is N#Cc1cc(O)cc2c3c(oc12)-c1ccc(O)cc1CCC3. The number of fused-ring (bicyclic) bond motifs is 5. The number of phenolic OH excluding ortho intramolecular Hbond substituents is 2. The van der Waals surface area contributed by atoms with Crippen molar-refractivity contribution in [3.63, 3.8) is 0 Å². The molecule has 0 spiro atoms. The predicted octanol–water partition coefficient (Wildman–Crippen LogP) is 3.87. The van der Waals surface area contributed by atoms with E-state index in [1.165, 1.54) is 6.07 Å². The average Bonchev–Trinajstić information content (AvgIpc) is 2.75. The Hall–Kier alpha value is -2.93. The second kappa shape index (κ2) is 4.54. The minimum atomic E-state index is 0.0721. The van der Waals surface area contributed by atoms with Crippen molar-refractivity contribution >= 4 is 11.0 Å². The fourth-order valence-corrected chi connectivity index (χ4v) is 3.25. The Morgan fingerprint density at radius 2 is 1.91 bits per heavy atom. The van der Waals surface area contributed by atoms with E-state index in [4.69, 9.17) is 4.42 Å². The van der Waals surface area contributed by atoms with Crippen LogP contribution in [0.4, 0.5) is 0 Å². The third-order valence-corrected chi connectivity index (χ3v) is 4.20. The molecule has 108 valence electrons. The maximum Gasteiger partial charge on any atom is 0.153 e. The minimum Gasteiger partial charge on any atom is -0.508 e. The Bertz CT molecular complexity index is 947. The Kier molecular flexibility index (Phi) is 2.64. The molecule has 3 aromatic rings. The molecule has 1 aliphatic rings. The van der Waals surface area contributed by atoms with Gasteiger partial charge < -0.3 is 14.6 Å². The molecule has 0 bridgehead atoms. The summed E-state index contributed by atoms with van der Waals surface area (Å²) >= 11 is 0. The maximum atomic E-state index is 9.84. The van der Waals surface area contributed by atoms with Crippen LogP contribution in [-0.4, -0.2) is 10.2 Å². The third-order valence-electron chi connectivity index (χ3n) is 4.20. The van der Waals surface area contributed by atoms with E-state index in [9.17, 15) is 15.5 Å². The summed E-state index contributed by atoms with van der Waals surface area (Å²) in [5, 5.41) is 29.6. The number of hydrogen-bond acceptors (Lipinski definition) is 4. The zero-order valence-corrected chi connectivity index (χ0v) is 11.8. The molecule has 1 aliphatic carbocycles. The second-order valence-electron chi connectivity index (χ2n) is 5.59. The number of nitriles is 1. The van der Waals surface area contributed by atoms with Crippen LogP contribution in [0.25, 0.3) is 22.3 Å². The molecule has 0 saturated carbocycles. The van der Waals surface area contributed by atoms with Gasteiger partial charge in [-0.15, -0.1) is 0 Å². The number of aromatic hydroxyl groups is 2. The van der Waals surface area contributed by atoms with Gasteiger partial charge in [0.05, 0.1) is 5.56 Å². The van der Waals surface area contributed by atoms with Crippen LogP contribution in [0.2, 0.25) is 0 Å². The van der Waals surface area contributed by atoms with Crippen LogP contribution in [-0.2, 0) is 12.8 Å². The smallest absolute Gasteiger partial charge is 0.153 e. The quantitative estimate of drug-likeness (QED) is 0.659. The van der Waals surface area contributed by atoms with Gasteiger partial charge in [-0.1, -0.05) is 0 Å². The zero-order chi connectivity index (χ0) is 15.3. The van der Waals surface area contributed by atoms with E-state index in [0.717, 1.165) is 47.1 Å². The molecule has 1 heterocycles. The number of benzene rings is 2. The van der Waals surface area contributed by atoms with Gasteiger partial charge in [-0.05, 0) is 49.1 Å². The van der Waals surface area contributed by atoms with Crippen LogP contribution >= 0.6 is 0 Å². The Labute approximate surface area is 126 Å². The first-order valence-electron chi connectivity index (χ1n) is 7.18. The van der Waals surface area contributed by atoms with E-state index in [0.29, 0.717) is 11.1 Å². The molecule has 1 aromatic heterocycles. The summed E-state index contributed by atoms with van der Waals surface area (Å²) < 4.78 is 6.00. The lowest BCUT2D eigenvalue weighted by atomic mass is 10.0.